The van der Waals surface area contributed by atoms with Gasteiger partial charge in [-0.3, -0.25) is 4.79 Å². The lowest BCUT2D eigenvalue weighted by atomic mass is 10.1. The molecule has 19 heavy (non-hydrogen) atoms. The Balaban J connectivity index is 2.05. The fourth-order valence-corrected chi connectivity index (χ4v) is 2.02. The van der Waals surface area contributed by atoms with E-state index in [1.54, 1.807) is 0 Å². The van der Waals surface area contributed by atoms with Crippen LogP contribution in [0, 0.1) is 5.92 Å². The second kappa shape index (κ2) is 9.32. The molecule has 1 atom stereocenters. The van der Waals surface area contributed by atoms with Gasteiger partial charge >= 0.3 is 0 Å². The molecule has 1 fully saturated rings. The van der Waals surface area contributed by atoms with E-state index in [4.69, 9.17) is 4.74 Å². The molecule has 1 aliphatic carbocycles. The number of hydrogen-bond acceptors (Lipinski definition) is 3. The number of carbonyl (C=O) groups is 1. The van der Waals surface area contributed by atoms with Crippen molar-refractivity contribution in [1.29, 1.82) is 0 Å². The fourth-order valence-electron chi connectivity index (χ4n) is 2.02. The number of ether oxygens (including phenoxy) is 1. The average molecular weight is 270 g/mol. The van der Waals surface area contributed by atoms with Gasteiger partial charge in [0, 0.05) is 25.8 Å². The van der Waals surface area contributed by atoms with Gasteiger partial charge < -0.3 is 15.4 Å². The fraction of sp³-hybridized carbons (Fsp3) is 0.933. The minimum Gasteiger partial charge on any atom is -0.381 e. The zero-order chi connectivity index (χ0) is 14.1. The molecule has 0 aromatic heterocycles. The van der Waals surface area contributed by atoms with E-state index in [0.717, 1.165) is 38.4 Å². The zero-order valence-corrected chi connectivity index (χ0v) is 12.7. The number of hydrogen-bond donors (Lipinski definition) is 2. The van der Waals surface area contributed by atoms with E-state index in [9.17, 15) is 4.79 Å². The lowest BCUT2D eigenvalue weighted by Crippen LogP contribution is -2.47. The Morgan fingerprint density at radius 1 is 1.37 bits per heavy atom. The maximum atomic E-state index is 12.0. The Bertz CT molecular complexity index is 253. The van der Waals surface area contributed by atoms with Gasteiger partial charge in [-0.05, 0) is 31.6 Å². The Morgan fingerprint density at radius 2 is 2.11 bits per heavy atom. The molecule has 0 aromatic rings. The molecular formula is C15H30N2O2. The molecule has 0 aliphatic heterocycles. The molecule has 0 radical (unpaired) electrons. The zero-order valence-electron chi connectivity index (χ0n) is 12.7. The van der Waals surface area contributed by atoms with Crippen LogP contribution in [-0.2, 0) is 9.53 Å². The average Bonchev–Trinajstić information content (AvgIpc) is 3.16. The predicted molar refractivity (Wildman–Crippen MR) is 78.1 cm³/mol. The first-order valence-corrected chi connectivity index (χ1v) is 7.75. The summed E-state index contributed by atoms with van der Waals surface area (Å²) in [5.74, 6) is 0.941. The summed E-state index contributed by atoms with van der Waals surface area (Å²) in [5.41, 5.74) is 0. The van der Waals surface area contributed by atoms with Gasteiger partial charge in [0.15, 0.2) is 0 Å². The van der Waals surface area contributed by atoms with Crippen molar-refractivity contribution in [2.75, 3.05) is 19.8 Å². The van der Waals surface area contributed by atoms with Gasteiger partial charge in [-0.1, -0.05) is 27.2 Å². The third-order valence-corrected chi connectivity index (χ3v) is 3.24. The van der Waals surface area contributed by atoms with Gasteiger partial charge in [0.25, 0.3) is 0 Å². The molecule has 0 saturated heterocycles. The van der Waals surface area contributed by atoms with Gasteiger partial charge in [-0.2, -0.15) is 0 Å². The maximum absolute atomic E-state index is 12.0. The first-order valence-electron chi connectivity index (χ1n) is 7.75. The standard InChI is InChI=1S/C15H30N2O2/c1-4-6-14(17-12(2)3)15(18)16-9-5-10-19-11-13-7-8-13/h12-14,17H,4-11H2,1-3H3,(H,16,18)/t14-/m1/s1. The third-order valence-electron chi connectivity index (χ3n) is 3.24. The SMILES string of the molecule is CCC[C@@H](NC(C)C)C(=O)NCCCOCC1CC1. The second-order valence-corrected chi connectivity index (χ2v) is 5.83. The first-order chi connectivity index (χ1) is 9.13. The lowest BCUT2D eigenvalue weighted by Gasteiger charge is -2.20. The lowest BCUT2D eigenvalue weighted by molar-refractivity contribution is -0.123. The summed E-state index contributed by atoms with van der Waals surface area (Å²) in [6.07, 6.45) is 5.47. The molecule has 1 saturated carbocycles. The topological polar surface area (TPSA) is 50.4 Å². The highest BCUT2D eigenvalue weighted by atomic mass is 16.5. The molecule has 4 heteroatoms. The molecule has 1 amide bonds. The molecule has 0 bridgehead atoms. The number of amides is 1. The van der Waals surface area contributed by atoms with Crippen molar-refractivity contribution in [2.24, 2.45) is 5.92 Å². The molecule has 1 aliphatic rings. The molecule has 112 valence electrons. The van der Waals surface area contributed by atoms with Crippen molar-refractivity contribution in [3.63, 3.8) is 0 Å². The Kier molecular flexibility index (Phi) is 8.07. The molecule has 1 rings (SSSR count). The van der Waals surface area contributed by atoms with Gasteiger partial charge in [0.1, 0.15) is 0 Å². The summed E-state index contributed by atoms with van der Waals surface area (Å²) in [5, 5.41) is 6.31. The summed E-state index contributed by atoms with van der Waals surface area (Å²) in [6.45, 7) is 8.62. The minimum atomic E-state index is -0.0580. The van der Waals surface area contributed by atoms with E-state index < -0.39 is 0 Å². The maximum Gasteiger partial charge on any atom is 0.237 e. The highest BCUT2D eigenvalue weighted by Crippen LogP contribution is 2.28. The van der Waals surface area contributed by atoms with Crippen molar-refractivity contribution in [1.82, 2.24) is 10.6 Å². The van der Waals surface area contributed by atoms with Crippen molar-refractivity contribution in [3.05, 3.63) is 0 Å². The van der Waals surface area contributed by atoms with Crippen LogP contribution in [0.1, 0.15) is 52.9 Å². The van der Waals surface area contributed by atoms with Gasteiger partial charge in [0.05, 0.1) is 6.04 Å². The van der Waals surface area contributed by atoms with Crippen LogP contribution in [0.15, 0.2) is 0 Å². The second-order valence-electron chi connectivity index (χ2n) is 5.83. The van der Waals surface area contributed by atoms with Crippen molar-refractivity contribution < 1.29 is 9.53 Å². The molecule has 0 aromatic carbocycles. The summed E-state index contributed by atoms with van der Waals surface area (Å²) >= 11 is 0. The van der Waals surface area contributed by atoms with Crippen LogP contribution in [0.4, 0.5) is 0 Å². The third kappa shape index (κ3) is 8.22. The van der Waals surface area contributed by atoms with E-state index >= 15 is 0 Å². The van der Waals surface area contributed by atoms with Crippen LogP contribution >= 0.6 is 0 Å². The van der Waals surface area contributed by atoms with E-state index in [1.807, 2.05) is 0 Å². The minimum absolute atomic E-state index is 0.0580. The molecule has 0 unspecified atom stereocenters. The summed E-state index contributed by atoms with van der Waals surface area (Å²) in [4.78, 5) is 12.0. The van der Waals surface area contributed by atoms with Gasteiger partial charge in [-0.15, -0.1) is 0 Å². The van der Waals surface area contributed by atoms with E-state index in [2.05, 4.69) is 31.4 Å². The molecule has 0 heterocycles. The van der Waals surface area contributed by atoms with Crippen LogP contribution < -0.4 is 10.6 Å². The quantitative estimate of drug-likeness (QED) is 0.565. The monoisotopic (exact) mass is 270 g/mol. The van der Waals surface area contributed by atoms with Crippen LogP contribution in [0.2, 0.25) is 0 Å². The van der Waals surface area contributed by atoms with Crippen LogP contribution in [0.5, 0.6) is 0 Å². The molecule has 2 N–H and O–H groups in total. The number of rotatable bonds is 11. The predicted octanol–water partition coefficient (Wildman–Crippen LogP) is 2.09. The van der Waals surface area contributed by atoms with Crippen LogP contribution in [0.3, 0.4) is 0 Å². The largest absolute Gasteiger partial charge is 0.381 e. The molecule has 4 nitrogen and oxygen atoms in total. The smallest absolute Gasteiger partial charge is 0.237 e. The Labute approximate surface area is 117 Å². The van der Waals surface area contributed by atoms with E-state index in [-0.39, 0.29) is 11.9 Å². The van der Waals surface area contributed by atoms with Crippen LogP contribution in [0.25, 0.3) is 0 Å². The summed E-state index contributed by atoms with van der Waals surface area (Å²) < 4.78 is 5.54. The molecule has 0 spiro atoms. The summed E-state index contributed by atoms with van der Waals surface area (Å²) in [7, 11) is 0. The van der Waals surface area contributed by atoms with Crippen molar-refractivity contribution in [3.8, 4) is 0 Å². The van der Waals surface area contributed by atoms with Crippen molar-refractivity contribution >= 4 is 5.91 Å². The highest BCUT2D eigenvalue weighted by Gasteiger charge is 2.21. The van der Waals surface area contributed by atoms with Crippen molar-refractivity contribution in [2.45, 2.75) is 65.0 Å². The van der Waals surface area contributed by atoms with E-state index in [0.29, 0.717) is 12.6 Å². The highest BCUT2D eigenvalue weighted by molar-refractivity contribution is 5.81. The normalized spacial score (nSPS) is 16.6. The van der Waals surface area contributed by atoms with Gasteiger partial charge in [-0.25, -0.2) is 0 Å². The van der Waals surface area contributed by atoms with Crippen LogP contribution in [-0.4, -0.2) is 37.7 Å². The Hall–Kier alpha value is -0.610. The summed E-state index contributed by atoms with van der Waals surface area (Å²) in [6, 6.07) is 0.279. The first kappa shape index (κ1) is 16.4. The molecular weight excluding hydrogens is 240 g/mol. The van der Waals surface area contributed by atoms with E-state index in [1.165, 1.54) is 12.8 Å². The Morgan fingerprint density at radius 3 is 2.68 bits per heavy atom. The number of nitrogens with one attached hydrogen (secondary N) is 2. The number of carbonyl (C=O) groups excluding carboxylic acids is 1. The van der Waals surface area contributed by atoms with Gasteiger partial charge in [0.2, 0.25) is 5.91 Å².